The van der Waals surface area contributed by atoms with E-state index in [2.05, 4.69) is 10.6 Å². The number of carbonyl (C=O) groups is 1. The van der Waals surface area contributed by atoms with Gasteiger partial charge in [-0.05, 0) is 30.5 Å². The standard InChI is InChI=1S/C19H26N2O6/c22-13-8-20-15-3-2-14(27-18(15)10-24-9-13)6-19(23)21-7-12-1-4-16-17(5-12)26-11-25-16/h1,4-5,13-15,18,20,22H,2-3,6-11H2,(H,21,23)/t13-,14+,15+,18-/m0/s1. The number of hydrogen-bond acceptors (Lipinski definition) is 7. The fourth-order valence-electron chi connectivity index (χ4n) is 3.70. The minimum atomic E-state index is -0.481. The van der Waals surface area contributed by atoms with Gasteiger partial charge in [0.25, 0.3) is 0 Å². The lowest BCUT2D eigenvalue weighted by molar-refractivity contribution is -0.137. The van der Waals surface area contributed by atoms with Crippen LogP contribution < -0.4 is 20.1 Å². The highest BCUT2D eigenvalue weighted by atomic mass is 16.7. The van der Waals surface area contributed by atoms with Crippen molar-refractivity contribution in [3.63, 3.8) is 0 Å². The summed E-state index contributed by atoms with van der Waals surface area (Å²) in [5, 5.41) is 16.0. The van der Waals surface area contributed by atoms with Crippen molar-refractivity contribution < 1.29 is 28.8 Å². The molecule has 8 nitrogen and oxygen atoms in total. The minimum Gasteiger partial charge on any atom is -0.454 e. The van der Waals surface area contributed by atoms with E-state index in [0.29, 0.717) is 38.5 Å². The van der Waals surface area contributed by atoms with Crippen LogP contribution in [0.4, 0.5) is 0 Å². The molecule has 2 fully saturated rings. The maximum Gasteiger partial charge on any atom is 0.231 e. The minimum absolute atomic E-state index is 0.0359. The number of ether oxygens (including phenoxy) is 4. The second-order valence-electron chi connectivity index (χ2n) is 7.25. The lowest BCUT2D eigenvalue weighted by atomic mass is 9.96. The molecule has 2 saturated heterocycles. The molecular formula is C19H26N2O6. The van der Waals surface area contributed by atoms with Crippen molar-refractivity contribution in [1.82, 2.24) is 10.6 Å². The quantitative estimate of drug-likeness (QED) is 0.694. The van der Waals surface area contributed by atoms with Crippen molar-refractivity contribution in [1.29, 1.82) is 0 Å². The van der Waals surface area contributed by atoms with Crippen LogP contribution in [0, 0.1) is 0 Å². The van der Waals surface area contributed by atoms with Gasteiger partial charge >= 0.3 is 0 Å². The van der Waals surface area contributed by atoms with E-state index < -0.39 is 6.10 Å². The van der Waals surface area contributed by atoms with Crippen LogP contribution in [0.3, 0.4) is 0 Å². The number of rotatable bonds is 4. The van der Waals surface area contributed by atoms with Gasteiger partial charge in [0.15, 0.2) is 11.5 Å². The summed E-state index contributed by atoms with van der Waals surface area (Å²) >= 11 is 0. The zero-order valence-electron chi connectivity index (χ0n) is 15.2. The number of aliphatic hydroxyl groups is 1. The van der Waals surface area contributed by atoms with E-state index in [4.69, 9.17) is 18.9 Å². The number of carbonyl (C=O) groups excluding carboxylic acids is 1. The van der Waals surface area contributed by atoms with Gasteiger partial charge in [-0.1, -0.05) is 6.07 Å². The van der Waals surface area contributed by atoms with Gasteiger partial charge in [-0.3, -0.25) is 4.79 Å². The van der Waals surface area contributed by atoms with Crippen LogP contribution >= 0.6 is 0 Å². The van der Waals surface area contributed by atoms with Gasteiger partial charge in [-0.25, -0.2) is 0 Å². The highest BCUT2D eigenvalue weighted by Gasteiger charge is 2.33. The van der Waals surface area contributed by atoms with E-state index >= 15 is 0 Å². The Morgan fingerprint density at radius 2 is 2.11 bits per heavy atom. The molecule has 27 heavy (non-hydrogen) atoms. The summed E-state index contributed by atoms with van der Waals surface area (Å²) in [6.07, 6.45) is 1.36. The molecule has 1 aromatic carbocycles. The van der Waals surface area contributed by atoms with Crippen molar-refractivity contribution in [2.75, 3.05) is 26.6 Å². The Labute approximate surface area is 158 Å². The summed E-state index contributed by atoms with van der Waals surface area (Å²) < 4.78 is 22.2. The van der Waals surface area contributed by atoms with E-state index in [-0.39, 0.29) is 30.9 Å². The summed E-state index contributed by atoms with van der Waals surface area (Å²) in [5.41, 5.74) is 0.966. The second-order valence-corrected chi connectivity index (χ2v) is 7.25. The van der Waals surface area contributed by atoms with Gasteiger partial charge in [0.2, 0.25) is 12.7 Å². The number of fused-ring (bicyclic) bond motifs is 2. The first kappa shape index (κ1) is 18.5. The van der Waals surface area contributed by atoms with Crippen molar-refractivity contribution in [2.24, 2.45) is 0 Å². The Kier molecular flexibility index (Phi) is 5.77. The Bertz CT molecular complexity index is 670. The van der Waals surface area contributed by atoms with Crippen molar-refractivity contribution in [2.45, 2.75) is 50.2 Å². The molecule has 4 atom stereocenters. The molecular weight excluding hydrogens is 352 g/mol. The molecule has 3 aliphatic rings. The number of amides is 1. The predicted octanol–water partition coefficient (Wildman–Crippen LogP) is 0.319. The Morgan fingerprint density at radius 1 is 1.22 bits per heavy atom. The molecule has 0 unspecified atom stereocenters. The van der Waals surface area contributed by atoms with Gasteiger partial charge in [-0.2, -0.15) is 0 Å². The van der Waals surface area contributed by atoms with Crippen molar-refractivity contribution in [3.8, 4) is 11.5 Å². The zero-order chi connectivity index (χ0) is 18.6. The zero-order valence-corrected chi connectivity index (χ0v) is 15.2. The smallest absolute Gasteiger partial charge is 0.231 e. The Morgan fingerprint density at radius 3 is 3.04 bits per heavy atom. The Balaban J connectivity index is 1.24. The molecule has 3 N–H and O–H groups in total. The van der Waals surface area contributed by atoms with E-state index in [1.54, 1.807) is 0 Å². The third kappa shape index (κ3) is 4.70. The maximum atomic E-state index is 12.3. The monoisotopic (exact) mass is 378 g/mol. The molecule has 3 aliphatic heterocycles. The summed E-state index contributed by atoms with van der Waals surface area (Å²) in [6.45, 7) is 1.93. The van der Waals surface area contributed by atoms with Crippen LogP contribution in [-0.4, -0.2) is 61.9 Å². The first-order valence-corrected chi connectivity index (χ1v) is 9.47. The molecule has 0 saturated carbocycles. The van der Waals surface area contributed by atoms with Crippen LogP contribution in [0.25, 0.3) is 0 Å². The number of benzene rings is 1. The lowest BCUT2D eigenvalue weighted by Gasteiger charge is -2.38. The molecule has 0 bridgehead atoms. The number of nitrogens with one attached hydrogen (secondary N) is 2. The second kappa shape index (κ2) is 8.43. The van der Waals surface area contributed by atoms with E-state index in [0.717, 1.165) is 24.2 Å². The Hall–Kier alpha value is -1.87. The predicted molar refractivity (Wildman–Crippen MR) is 95.5 cm³/mol. The first-order valence-electron chi connectivity index (χ1n) is 9.47. The highest BCUT2D eigenvalue weighted by molar-refractivity contribution is 5.76. The summed E-state index contributed by atoms with van der Waals surface area (Å²) in [6, 6.07) is 5.82. The normalized spacial score (nSPS) is 30.1. The van der Waals surface area contributed by atoms with Gasteiger partial charge in [0, 0.05) is 19.1 Å². The number of aliphatic hydroxyl groups excluding tert-OH is 1. The first-order chi connectivity index (χ1) is 13.2. The molecule has 0 radical (unpaired) electrons. The summed E-state index contributed by atoms with van der Waals surface area (Å²) in [4.78, 5) is 12.3. The molecule has 0 aromatic heterocycles. The van der Waals surface area contributed by atoms with Gasteiger partial charge in [0.05, 0.1) is 37.9 Å². The molecule has 4 rings (SSSR count). The van der Waals surface area contributed by atoms with Crippen molar-refractivity contribution in [3.05, 3.63) is 23.8 Å². The molecule has 3 heterocycles. The van der Waals surface area contributed by atoms with Gasteiger partial charge in [0.1, 0.15) is 0 Å². The van der Waals surface area contributed by atoms with Crippen LogP contribution in [-0.2, 0) is 20.8 Å². The molecule has 0 spiro atoms. The topological polar surface area (TPSA) is 98.3 Å². The van der Waals surface area contributed by atoms with E-state index in [9.17, 15) is 9.90 Å². The largest absolute Gasteiger partial charge is 0.454 e. The molecule has 8 heteroatoms. The summed E-state index contributed by atoms with van der Waals surface area (Å²) in [5.74, 6) is 1.41. The highest BCUT2D eigenvalue weighted by Crippen LogP contribution is 2.32. The number of β-amino-alcohol motifs (C(OH)–C–C–N with tert-alkyl or cyclic N) is 1. The molecule has 148 valence electrons. The average molecular weight is 378 g/mol. The van der Waals surface area contributed by atoms with Crippen LogP contribution in [0.15, 0.2) is 18.2 Å². The van der Waals surface area contributed by atoms with Gasteiger partial charge < -0.3 is 34.7 Å². The maximum absolute atomic E-state index is 12.3. The lowest BCUT2D eigenvalue weighted by Crippen LogP contribution is -2.53. The third-order valence-corrected chi connectivity index (χ3v) is 5.16. The van der Waals surface area contributed by atoms with Gasteiger partial charge in [-0.15, -0.1) is 0 Å². The van der Waals surface area contributed by atoms with Crippen LogP contribution in [0.5, 0.6) is 11.5 Å². The van der Waals surface area contributed by atoms with Crippen molar-refractivity contribution >= 4 is 5.91 Å². The third-order valence-electron chi connectivity index (χ3n) is 5.16. The van der Waals surface area contributed by atoms with Crippen LogP contribution in [0.1, 0.15) is 24.8 Å². The average Bonchev–Trinajstić information content (AvgIpc) is 3.12. The SMILES string of the molecule is O=C(C[C@H]1CC[C@H]2NC[C@H](O)COC[C@@H]2O1)NCc1ccc2c(c1)OCO2. The van der Waals surface area contributed by atoms with E-state index in [1.165, 1.54) is 0 Å². The number of hydrogen-bond donors (Lipinski definition) is 3. The molecule has 1 amide bonds. The fourth-order valence-corrected chi connectivity index (χ4v) is 3.70. The molecule has 0 aliphatic carbocycles. The molecule has 1 aromatic rings. The van der Waals surface area contributed by atoms with E-state index in [1.807, 2.05) is 18.2 Å². The fraction of sp³-hybridized carbons (Fsp3) is 0.632. The summed E-state index contributed by atoms with van der Waals surface area (Å²) in [7, 11) is 0. The van der Waals surface area contributed by atoms with Crippen LogP contribution in [0.2, 0.25) is 0 Å².